The number of hydrogen-bond acceptors (Lipinski definition) is 7. The van der Waals surface area contributed by atoms with Gasteiger partial charge in [0, 0.05) is 6.54 Å². The first-order valence-electron chi connectivity index (χ1n) is 8.32. The molecule has 0 bridgehead atoms. The average molecular weight is 429 g/mol. The minimum absolute atomic E-state index is 0. The highest BCUT2D eigenvalue weighted by Crippen LogP contribution is 2.17. The lowest BCUT2D eigenvalue weighted by atomic mass is 10.1. The summed E-state index contributed by atoms with van der Waals surface area (Å²) in [5.41, 5.74) is 11.9. The molecule has 2 rings (SSSR count). The number of anilines is 2. The van der Waals surface area contributed by atoms with E-state index >= 15 is 0 Å². The summed E-state index contributed by atoms with van der Waals surface area (Å²) in [7, 11) is 0. The molecular weight excluding hydrogens is 407 g/mol. The summed E-state index contributed by atoms with van der Waals surface area (Å²) in [4.78, 5) is 31.2. The maximum Gasteiger partial charge on any atom is 0.321 e. The number of benzene rings is 1. The molecule has 0 radical (unpaired) electrons. The fraction of sp³-hybridized carbons (Fsp3) is 0.294. The van der Waals surface area contributed by atoms with Gasteiger partial charge in [-0.15, -0.1) is 12.4 Å². The molecule has 0 aliphatic heterocycles. The summed E-state index contributed by atoms with van der Waals surface area (Å²) in [6.07, 6.45) is 3.50. The monoisotopic (exact) mass is 428 g/mol. The van der Waals surface area contributed by atoms with Gasteiger partial charge in [-0.05, 0) is 37.0 Å². The molecule has 152 valence electrons. The van der Waals surface area contributed by atoms with E-state index in [0.717, 1.165) is 31.2 Å². The van der Waals surface area contributed by atoms with Crippen LogP contribution in [0.25, 0.3) is 0 Å². The molecule has 2 aromatic rings. The Labute approximate surface area is 173 Å². The summed E-state index contributed by atoms with van der Waals surface area (Å²) in [5, 5.41) is 13.8. The molecule has 3 amide bonds. The van der Waals surface area contributed by atoms with Crippen LogP contribution in [0.5, 0.6) is 5.75 Å². The highest BCUT2D eigenvalue weighted by Gasteiger charge is 2.17. The fourth-order valence-electron chi connectivity index (χ4n) is 2.31. The van der Waals surface area contributed by atoms with Gasteiger partial charge in [0.1, 0.15) is 5.75 Å². The highest BCUT2D eigenvalue weighted by atomic mass is 35.5. The van der Waals surface area contributed by atoms with Crippen molar-refractivity contribution in [2.45, 2.75) is 25.7 Å². The number of halogens is 2. The zero-order valence-corrected chi connectivity index (χ0v) is 16.5. The number of carbonyl (C=O) groups is 2. The van der Waals surface area contributed by atoms with Crippen molar-refractivity contribution in [3.8, 4) is 5.75 Å². The fourth-order valence-corrected chi connectivity index (χ4v) is 2.44. The number of imide groups is 1. The smallest absolute Gasteiger partial charge is 0.321 e. The van der Waals surface area contributed by atoms with Crippen molar-refractivity contribution in [2.24, 2.45) is 0 Å². The molecule has 0 fully saturated rings. The van der Waals surface area contributed by atoms with Gasteiger partial charge >= 0.3 is 6.03 Å². The van der Waals surface area contributed by atoms with Gasteiger partial charge in [0.05, 0.1) is 0 Å². The van der Waals surface area contributed by atoms with Gasteiger partial charge in [0.2, 0.25) is 0 Å². The van der Waals surface area contributed by atoms with E-state index in [-0.39, 0.29) is 40.6 Å². The first kappa shape index (κ1) is 23.3. The van der Waals surface area contributed by atoms with E-state index in [1.807, 2.05) is 12.1 Å². The van der Waals surface area contributed by atoms with Gasteiger partial charge in [-0.3, -0.25) is 10.1 Å². The lowest BCUT2D eigenvalue weighted by Gasteiger charge is -2.08. The first-order chi connectivity index (χ1) is 12.9. The van der Waals surface area contributed by atoms with Gasteiger partial charge in [-0.2, -0.15) is 0 Å². The van der Waals surface area contributed by atoms with Crippen LogP contribution >= 0.6 is 24.0 Å². The molecule has 0 spiro atoms. The van der Waals surface area contributed by atoms with Crippen LogP contribution in [0.15, 0.2) is 24.3 Å². The van der Waals surface area contributed by atoms with Crippen LogP contribution in [0.2, 0.25) is 5.15 Å². The maximum atomic E-state index is 12.0. The van der Waals surface area contributed by atoms with Crippen molar-refractivity contribution in [3.05, 3.63) is 40.7 Å². The SMILES string of the molecule is Cl.Nc1nc(N)c(C(=O)NC(=O)NCCCCCc2ccc(O)cc2)nc1Cl. The zero-order chi connectivity index (χ0) is 19.8. The van der Waals surface area contributed by atoms with Crippen LogP contribution < -0.4 is 22.1 Å². The molecule has 11 heteroatoms. The third-order valence-electron chi connectivity index (χ3n) is 3.71. The van der Waals surface area contributed by atoms with Gasteiger partial charge in [-0.25, -0.2) is 14.8 Å². The minimum Gasteiger partial charge on any atom is -0.508 e. The molecular formula is C17H22Cl2N6O3. The molecule has 0 saturated carbocycles. The van der Waals surface area contributed by atoms with E-state index in [4.69, 9.17) is 23.1 Å². The maximum absolute atomic E-state index is 12.0. The zero-order valence-electron chi connectivity index (χ0n) is 14.9. The summed E-state index contributed by atoms with van der Waals surface area (Å²) in [6, 6.07) is 6.41. The van der Waals surface area contributed by atoms with Crippen molar-refractivity contribution in [2.75, 3.05) is 18.0 Å². The number of amides is 3. The van der Waals surface area contributed by atoms with Crippen LogP contribution in [-0.4, -0.2) is 33.6 Å². The summed E-state index contributed by atoms with van der Waals surface area (Å²) >= 11 is 5.70. The average Bonchev–Trinajstić information content (AvgIpc) is 2.62. The number of phenolic OH excluding ortho intramolecular Hbond substituents is 1. The predicted molar refractivity (Wildman–Crippen MR) is 110 cm³/mol. The molecule has 0 atom stereocenters. The summed E-state index contributed by atoms with van der Waals surface area (Å²) in [5.74, 6) is -0.872. The van der Waals surface area contributed by atoms with Gasteiger partial charge in [0.25, 0.3) is 5.91 Å². The Bertz CT molecular complexity index is 817. The molecule has 0 aliphatic rings. The number of hydrogen-bond donors (Lipinski definition) is 5. The largest absolute Gasteiger partial charge is 0.508 e. The molecule has 1 heterocycles. The van der Waals surface area contributed by atoms with Crippen LogP contribution in [0.3, 0.4) is 0 Å². The van der Waals surface area contributed by atoms with E-state index in [1.165, 1.54) is 0 Å². The lowest BCUT2D eigenvalue weighted by Crippen LogP contribution is -2.40. The number of aryl methyl sites for hydroxylation is 1. The number of rotatable bonds is 7. The molecule has 0 aliphatic carbocycles. The quantitative estimate of drug-likeness (QED) is 0.423. The molecule has 7 N–H and O–H groups in total. The number of aromatic hydroxyl groups is 1. The van der Waals surface area contributed by atoms with Crippen LogP contribution in [-0.2, 0) is 6.42 Å². The third kappa shape index (κ3) is 7.09. The number of nitrogen functional groups attached to an aromatic ring is 2. The Morgan fingerprint density at radius 1 is 1.04 bits per heavy atom. The molecule has 1 aromatic heterocycles. The Morgan fingerprint density at radius 2 is 1.71 bits per heavy atom. The Morgan fingerprint density at radius 3 is 2.39 bits per heavy atom. The number of aromatic nitrogens is 2. The van der Waals surface area contributed by atoms with Crippen molar-refractivity contribution >= 4 is 47.6 Å². The molecule has 28 heavy (non-hydrogen) atoms. The third-order valence-corrected chi connectivity index (χ3v) is 3.99. The van der Waals surface area contributed by atoms with E-state index in [2.05, 4.69) is 20.6 Å². The lowest BCUT2D eigenvalue weighted by molar-refractivity contribution is 0.0960. The molecule has 1 aromatic carbocycles. The standard InChI is InChI=1S/C17H21ClN6O3.ClH/c18-13-15(20)23-14(19)12(22-13)16(26)24-17(27)21-9-3-1-2-4-10-5-7-11(25)8-6-10;/h5-8,25H,1-4,9H2,(H4,19,20,23)(H2,21,24,26,27);1H. The van der Waals surface area contributed by atoms with Gasteiger partial charge in [-0.1, -0.05) is 30.2 Å². The summed E-state index contributed by atoms with van der Waals surface area (Å²) in [6.45, 7) is 0.415. The highest BCUT2D eigenvalue weighted by molar-refractivity contribution is 6.31. The number of nitrogens with zero attached hydrogens (tertiary/aromatic N) is 2. The van der Waals surface area contributed by atoms with E-state index < -0.39 is 11.9 Å². The van der Waals surface area contributed by atoms with E-state index in [9.17, 15) is 14.7 Å². The predicted octanol–water partition coefficient (Wildman–Crippen LogP) is 2.27. The Balaban J connectivity index is 0.00000392. The Kier molecular flexibility index (Phi) is 9.26. The second-order valence-corrected chi connectivity index (χ2v) is 6.18. The number of carbonyl (C=O) groups excluding carboxylic acids is 2. The second kappa shape index (κ2) is 11.2. The number of nitrogens with two attached hydrogens (primary N) is 2. The van der Waals surface area contributed by atoms with Gasteiger partial charge < -0.3 is 21.9 Å². The first-order valence-corrected chi connectivity index (χ1v) is 8.70. The number of urea groups is 1. The second-order valence-electron chi connectivity index (χ2n) is 5.82. The molecule has 0 saturated heterocycles. The topological polar surface area (TPSA) is 156 Å². The number of phenols is 1. The molecule has 9 nitrogen and oxygen atoms in total. The normalized spacial score (nSPS) is 10.0. The van der Waals surface area contributed by atoms with Crippen LogP contribution in [0.1, 0.15) is 35.3 Å². The molecule has 0 unspecified atom stereocenters. The Hall–Kier alpha value is -2.78. The van der Waals surface area contributed by atoms with E-state index in [0.29, 0.717) is 6.54 Å². The van der Waals surface area contributed by atoms with Crippen molar-refractivity contribution in [1.82, 2.24) is 20.6 Å². The van der Waals surface area contributed by atoms with Crippen LogP contribution in [0, 0.1) is 0 Å². The van der Waals surface area contributed by atoms with Crippen molar-refractivity contribution < 1.29 is 14.7 Å². The van der Waals surface area contributed by atoms with Crippen LogP contribution in [0.4, 0.5) is 16.4 Å². The van der Waals surface area contributed by atoms with Gasteiger partial charge in [0.15, 0.2) is 22.5 Å². The van der Waals surface area contributed by atoms with E-state index in [1.54, 1.807) is 12.1 Å². The minimum atomic E-state index is -0.813. The van der Waals surface area contributed by atoms with Crippen molar-refractivity contribution in [3.63, 3.8) is 0 Å². The number of unbranched alkanes of at least 4 members (excludes halogenated alkanes) is 2. The number of nitrogens with one attached hydrogen (secondary N) is 2. The van der Waals surface area contributed by atoms with Crippen molar-refractivity contribution in [1.29, 1.82) is 0 Å². The summed E-state index contributed by atoms with van der Waals surface area (Å²) < 4.78 is 0.